The van der Waals surface area contributed by atoms with Gasteiger partial charge in [0.1, 0.15) is 5.75 Å². The van der Waals surface area contributed by atoms with Gasteiger partial charge in [0.2, 0.25) is 0 Å². The van der Waals surface area contributed by atoms with Gasteiger partial charge in [-0.25, -0.2) is 8.42 Å². The SMILES string of the molecule is COc1ccc(NS(=O)(=O)c2cccc(NC(=O)c3n[nH]c4ccccc34)c2)cc1. The van der Waals surface area contributed by atoms with Crippen molar-refractivity contribution < 1.29 is 17.9 Å². The Kier molecular flexibility index (Phi) is 5.11. The van der Waals surface area contributed by atoms with Gasteiger partial charge in [-0.3, -0.25) is 14.6 Å². The lowest BCUT2D eigenvalue weighted by atomic mass is 10.2. The number of H-pyrrole nitrogens is 1. The first-order valence-electron chi connectivity index (χ1n) is 8.98. The number of nitrogens with one attached hydrogen (secondary N) is 3. The van der Waals surface area contributed by atoms with E-state index in [0.717, 1.165) is 5.52 Å². The third-order valence-corrected chi connectivity index (χ3v) is 5.81. The van der Waals surface area contributed by atoms with Crippen molar-refractivity contribution in [1.29, 1.82) is 0 Å². The van der Waals surface area contributed by atoms with Crippen LogP contribution in [0, 0.1) is 0 Å². The van der Waals surface area contributed by atoms with Crippen molar-refractivity contribution in [3.63, 3.8) is 0 Å². The second-order valence-corrected chi connectivity index (χ2v) is 8.12. The summed E-state index contributed by atoms with van der Waals surface area (Å²) in [5.74, 6) is 0.179. The van der Waals surface area contributed by atoms with Crippen molar-refractivity contribution in [2.75, 3.05) is 17.1 Å². The lowest BCUT2D eigenvalue weighted by molar-refractivity contribution is 0.102. The smallest absolute Gasteiger partial charge is 0.276 e. The van der Waals surface area contributed by atoms with E-state index in [1.165, 1.54) is 19.2 Å². The van der Waals surface area contributed by atoms with E-state index in [1.54, 1.807) is 42.5 Å². The third kappa shape index (κ3) is 3.96. The molecule has 0 aliphatic carbocycles. The van der Waals surface area contributed by atoms with Crippen molar-refractivity contribution in [3.05, 3.63) is 78.5 Å². The maximum absolute atomic E-state index is 12.7. The highest BCUT2D eigenvalue weighted by Crippen LogP contribution is 2.22. The summed E-state index contributed by atoms with van der Waals surface area (Å²) >= 11 is 0. The molecule has 152 valence electrons. The molecule has 0 radical (unpaired) electrons. The second kappa shape index (κ2) is 7.88. The third-order valence-electron chi connectivity index (χ3n) is 4.43. The van der Waals surface area contributed by atoms with Crippen LogP contribution in [-0.2, 0) is 10.0 Å². The molecule has 4 aromatic rings. The molecular formula is C21H18N4O4S. The van der Waals surface area contributed by atoms with E-state index in [-0.39, 0.29) is 10.6 Å². The first-order chi connectivity index (χ1) is 14.5. The van der Waals surface area contributed by atoms with E-state index in [0.29, 0.717) is 22.5 Å². The number of methoxy groups -OCH3 is 1. The Bertz CT molecular complexity index is 1310. The second-order valence-electron chi connectivity index (χ2n) is 6.43. The lowest BCUT2D eigenvalue weighted by Gasteiger charge is -2.10. The largest absolute Gasteiger partial charge is 0.497 e. The van der Waals surface area contributed by atoms with E-state index in [4.69, 9.17) is 4.74 Å². The van der Waals surface area contributed by atoms with Crippen LogP contribution in [-0.4, -0.2) is 31.6 Å². The predicted molar refractivity (Wildman–Crippen MR) is 114 cm³/mol. The molecule has 0 bridgehead atoms. The maximum Gasteiger partial charge on any atom is 0.276 e. The zero-order valence-corrected chi connectivity index (χ0v) is 16.7. The van der Waals surface area contributed by atoms with Crippen LogP contribution in [0.25, 0.3) is 10.9 Å². The van der Waals surface area contributed by atoms with E-state index < -0.39 is 15.9 Å². The number of fused-ring (bicyclic) bond motifs is 1. The summed E-state index contributed by atoms with van der Waals surface area (Å²) in [7, 11) is -2.31. The van der Waals surface area contributed by atoms with Crippen molar-refractivity contribution >= 4 is 38.2 Å². The molecule has 9 heteroatoms. The summed E-state index contributed by atoms with van der Waals surface area (Å²) in [5.41, 5.74) is 1.70. The number of ether oxygens (including phenoxy) is 1. The number of aromatic nitrogens is 2. The van der Waals surface area contributed by atoms with Crippen molar-refractivity contribution in [2.45, 2.75) is 4.90 Å². The van der Waals surface area contributed by atoms with Gasteiger partial charge in [-0.15, -0.1) is 0 Å². The van der Waals surface area contributed by atoms with E-state index >= 15 is 0 Å². The maximum atomic E-state index is 12.7. The molecule has 8 nitrogen and oxygen atoms in total. The minimum absolute atomic E-state index is 0.0167. The molecule has 0 fully saturated rings. The normalized spacial score (nSPS) is 11.2. The Morgan fingerprint density at radius 2 is 1.73 bits per heavy atom. The number of rotatable bonds is 6. The summed E-state index contributed by atoms with van der Waals surface area (Å²) in [6.45, 7) is 0. The number of carbonyl (C=O) groups excluding carboxylic acids is 1. The highest BCUT2D eigenvalue weighted by Gasteiger charge is 2.17. The molecule has 3 N–H and O–H groups in total. The van der Waals surface area contributed by atoms with Crippen LogP contribution in [0.1, 0.15) is 10.5 Å². The van der Waals surface area contributed by atoms with Crippen LogP contribution in [0.15, 0.2) is 77.7 Å². The fourth-order valence-electron chi connectivity index (χ4n) is 2.94. The fourth-order valence-corrected chi connectivity index (χ4v) is 4.05. The summed E-state index contributed by atoms with van der Waals surface area (Å²) in [6.07, 6.45) is 0. The molecular weight excluding hydrogens is 404 g/mol. The van der Waals surface area contributed by atoms with Gasteiger partial charge in [0.25, 0.3) is 15.9 Å². The molecule has 0 aliphatic rings. The monoisotopic (exact) mass is 422 g/mol. The number of aromatic amines is 1. The Morgan fingerprint density at radius 3 is 2.50 bits per heavy atom. The van der Waals surface area contributed by atoms with Gasteiger partial charge in [-0.1, -0.05) is 24.3 Å². The lowest BCUT2D eigenvalue weighted by Crippen LogP contribution is -2.15. The van der Waals surface area contributed by atoms with Gasteiger partial charge >= 0.3 is 0 Å². The van der Waals surface area contributed by atoms with Crippen LogP contribution in [0.4, 0.5) is 11.4 Å². The Labute approximate surface area is 172 Å². The number of nitrogens with zero attached hydrogens (tertiary/aromatic N) is 1. The summed E-state index contributed by atoms with van der Waals surface area (Å²) in [6, 6.07) is 19.8. The highest BCUT2D eigenvalue weighted by molar-refractivity contribution is 7.92. The molecule has 30 heavy (non-hydrogen) atoms. The summed E-state index contributed by atoms with van der Waals surface area (Å²) in [5, 5.41) is 10.2. The molecule has 0 saturated carbocycles. The average molecular weight is 422 g/mol. The van der Waals surface area contributed by atoms with Gasteiger partial charge in [0, 0.05) is 16.8 Å². The van der Waals surface area contributed by atoms with Gasteiger partial charge in [-0.2, -0.15) is 5.10 Å². The molecule has 4 rings (SSSR count). The van der Waals surface area contributed by atoms with Gasteiger partial charge < -0.3 is 10.1 Å². The molecule has 1 heterocycles. The van der Waals surface area contributed by atoms with Gasteiger partial charge in [0.15, 0.2) is 5.69 Å². The van der Waals surface area contributed by atoms with Crippen LogP contribution >= 0.6 is 0 Å². The number of carbonyl (C=O) groups is 1. The quantitative estimate of drug-likeness (QED) is 0.439. The molecule has 3 aromatic carbocycles. The predicted octanol–water partition coefficient (Wildman–Crippen LogP) is 3.62. The molecule has 0 atom stereocenters. The molecule has 0 unspecified atom stereocenters. The Balaban J connectivity index is 1.54. The number of amides is 1. The van der Waals surface area contributed by atoms with Crippen LogP contribution in [0.2, 0.25) is 0 Å². The van der Waals surface area contributed by atoms with Crippen molar-refractivity contribution in [2.24, 2.45) is 0 Å². The molecule has 0 spiro atoms. The van der Waals surface area contributed by atoms with Crippen molar-refractivity contribution in [3.8, 4) is 5.75 Å². The Morgan fingerprint density at radius 1 is 0.967 bits per heavy atom. The van der Waals surface area contributed by atoms with Gasteiger partial charge in [-0.05, 0) is 48.5 Å². The Hall–Kier alpha value is -3.85. The van der Waals surface area contributed by atoms with E-state index in [9.17, 15) is 13.2 Å². The molecule has 0 aliphatic heterocycles. The number of hydrogen-bond donors (Lipinski definition) is 3. The highest BCUT2D eigenvalue weighted by atomic mass is 32.2. The minimum Gasteiger partial charge on any atom is -0.497 e. The number of sulfonamides is 1. The number of anilines is 2. The number of benzene rings is 3. The van der Waals surface area contributed by atoms with E-state index in [1.807, 2.05) is 18.2 Å². The van der Waals surface area contributed by atoms with Crippen LogP contribution < -0.4 is 14.8 Å². The van der Waals surface area contributed by atoms with Crippen molar-refractivity contribution in [1.82, 2.24) is 10.2 Å². The van der Waals surface area contributed by atoms with E-state index in [2.05, 4.69) is 20.2 Å². The zero-order valence-electron chi connectivity index (χ0n) is 15.9. The van der Waals surface area contributed by atoms with Crippen LogP contribution in [0.3, 0.4) is 0 Å². The number of para-hydroxylation sites is 1. The molecule has 0 saturated heterocycles. The average Bonchev–Trinajstić information content (AvgIpc) is 3.19. The zero-order chi connectivity index (χ0) is 21.1. The topological polar surface area (TPSA) is 113 Å². The minimum atomic E-state index is -3.84. The summed E-state index contributed by atoms with van der Waals surface area (Å²) in [4.78, 5) is 12.6. The standard InChI is InChI=1S/C21H18N4O4S/c1-29-16-11-9-14(10-12-16)25-30(27,28)17-6-4-5-15(13-17)22-21(26)20-18-7-2-3-8-19(18)23-24-20/h2-13,25H,1H3,(H,22,26)(H,23,24). The van der Waals surface area contributed by atoms with Gasteiger partial charge in [0.05, 0.1) is 17.5 Å². The first kappa shape index (κ1) is 19.5. The number of hydrogen-bond acceptors (Lipinski definition) is 5. The summed E-state index contributed by atoms with van der Waals surface area (Å²) < 4.78 is 33.0. The molecule has 1 amide bonds. The fraction of sp³-hybridized carbons (Fsp3) is 0.0476. The first-order valence-corrected chi connectivity index (χ1v) is 10.5. The van der Waals surface area contributed by atoms with Crippen LogP contribution in [0.5, 0.6) is 5.75 Å². The molecule has 1 aromatic heterocycles.